The van der Waals surface area contributed by atoms with Crippen molar-refractivity contribution in [1.82, 2.24) is 4.98 Å². The topological polar surface area (TPSA) is 44.9 Å². The van der Waals surface area contributed by atoms with Gasteiger partial charge < -0.3 is 10.3 Å². The average molecular weight is 258 g/mol. The molecule has 1 aromatic carbocycles. The predicted octanol–water partition coefficient (Wildman–Crippen LogP) is 3.61. The molecular formula is C14H14N2OS. The molecule has 0 fully saturated rings. The van der Waals surface area contributed by atoms with Crippen LogP contribution in [0.5, 0.6) is 0 Å². The maximum Gasteiger partial charge on any atom is 0.258 e. The molecule has 0 saturated carbocycles. The zero-order valence-electron chi connectivity index (χ0n) is 10.3. The number of hydrogen-bond donors (Lipinski definition) is 2. The van der Waals surface area contributed by atoms with Crippen LogP contribution in [-0.4, -0.2) is 10.9 Å². The van der Waals surface area contributed by atoms with Gasteiger partial charge >= 0.3 is 0 Å². The van der Waals surface area contributed by atoms with E-state index in [4.69, 9.17) is 12.2 Å². The lowest BCUT2D eigenvalue weighted by molar-refractivity contribution is 0.102. The van der Waals surface area contributed by atoms with E-state index < -0.39 is 0 Å². The van der Waals surface area contributed by atoms with Gasteiger partial charge in [-0.2, -0.15) is 0 Å². The molecule has 18 heavy (non-hydrogen) atoms. The first-order chi connectivity index (χ1) is 8.58. The van der Waals surface area contributed by atoms with Gasteiger partial charge in [0.2, 0.25) is 0 Å². The summed E-state index contributed by atoms with van der Waals surface area (Å²) in [6.07, 6.45) is 0. The summed E-state index contributed by atoms with van der Waals surface area (Å²) in [5, 5.41) is 2.83. The van der Waals surface area contributed by atoms with E-state index in [0.717, 1.165) is 16.9 Å². The first kappa shape index (κ1) is 12.5. The lowest BCUT2D eigenvalue weighted by Gasteiger charge is -2.08. The minimum Gasteiger partial charge on any atom is -0.350 e. The number of para-hydroxylation sites is 1. The quantitative estimate of drug-likeness (QED) is 0.808. The molecule has 0 unspecified atom stereocenters. The van der Waals surface area contributed by atoms with E-state index in [9.17, 15) is 4.79 Å². The molecule has 92 valence electrons. The fraction of sp³-hybridized carbons (Fsp3) is 0.143. The highest BCUT2D eigenvalue weighted by Gasteiger charge is 2.12. The molecule has 3 nitrogen and oxygen atoms in total. The van der Waals surface area contributed by atoms with E-state index in [1.165, 1.54) is 0 Å². The Morgan fingerprint density at radius 3 is 2.50 bits per heavy atom. The highest BCUT2D eigenvalue weighted by atomic mass is 32.1. The molecule has 1 amide bonds. The first-order valence-electron chi connectivity index (χ1n) is 5.65. The van der Waals surface area contributed by atoms with Crippen molar-refractivity contribution in [1.29, 1.82) is 0 Å². The van der Waals surface area contributed by atoms with Crippen LogP contribution in [0.4, 0.5) is 5.69 Å². The van der Waals surface area contributed by atoms with Gasteiger partial charge in [0.25, 0.3) is 5.91 Å². The maximum absolute atomic E-state index is 12.2. The van der Waals surface area contributed by atoms with Gasteiger partial charge in [0.05, 0.1) is 5.56 Å². The molecule has 0 saturated heterocycles. The van der Waals surface area contributed by atoms with Crippen LogP contribution in [0.3, 0.4) is 0 Å². The number of carbonyl (C=O) groups is 1. The molecule has 0 radical (unpaired) electrons. The lowest BCUT2D eigenvalue weighted by Crippen LogP contribution is -2.14. The van der Waals surface area contributed by atoms with Gasteiger partial charge in [-0.3, -0.25) is 4.79 Å². The summed E-state index contributed by atoms with van der Waals surface area (Å²) in [5.74, 6) is -0.181. The van der Waals surface area contributed by atoms with Crippen molar-refractivity contribution < 1.29 is 4.79 Å². The van der Waals surface area contributed by atoms with Crippen LogP contribution in [0.15, 0.2) is 36.4 Å². The third-order valence-corrected chi connectivity index (χ3v) is 2.93. The summed E-state index contributed by atoms with van der Waals surface area (Å²) >= 11 is 5.20. The van der Waals surface area contributed by atoms with Gasteiger partial charge in [-0.25, -0.2) is 0 Å². The van der Waals surface area contributed by atoms with E-state index in [1.807, 2.05) is 50.2 Å². The Labute approximate surface area is 111 Å². The van der Waals surface area contributed by atoms with Crippen molar-refractivity contribution in [3.8, 4) is 0 Å². The summed E-state index contributed by atoms with van der Waals surface area (Å²) in [6.45, 7) is 3.80. The van der Waals surface area contributed by atoms with E-state index in [-0.39, 0.29) is 5.91 Å². The van der Waals surface area contributed by atoms with Gasteiger partial charge in [0.15, 0.2) is 0 Å². The third kappa shape index (κ3) is 2.65. The van der Waals surface area contributed by atoms with Crippen LogP contribution < -0.4 is 5.32 Å². The summed E-state index contributed by atoms with van der Waals surface area (Å²) in [5.41, 5.74) is 3.12. The Balaban J connectivity index is 2.33. The van der Waals surface area contributed by atoms with Crippen molar-refractivity contribution >= 4 is 23.8 Å². The number of carbonyl (C=O) groups excluding carboxylic acids is 1. The summed E-state index contributed by atoms with van der Waals surface area (Å²) in [7, 11) is 0. The van der Waals surface area contributed by atoms with Crippen molar-refractivity contribution in [3.63, 3.8) is 0 Å². The summed E-state index contributed by atoms with van der Waals surface area (Å²) < 4.78 is 0.473. The molecule has 4 heteroatoms. The third-order valence-electron chi connectivity index (χ3n) is 2.62. The number of aromatic nitrogens is 1. The molecule has 2 aromatic rings. The normalized spacial score (nSPS) is 10.1. The summed E-state index contributed by atoms with van der Waals surface area (Å²) in [4.78, 5) is 15.2. The van der Waals surface area contributed by atoms with Gasteiger partial charge in [-0.15, -0.1) is 0 Å². The zero-order chi connectivity index (χ0) is 13.1. The Morgan fingerprint density at radius 1 is 1.22 bits per heavy atom. The first-order valence-corrected chi connectivity index (χ1v) is 6.05. The van der Waals surface area contributed by atoms with Crippen LogP contribution >= 0.6 is 12.2 Å². The largest absolute Gasteiger partial charge is 0.350 e. The standard InChI is InChI=1S/C14H14N2OS/c1-9-8-10(2)15-14(18)12(9)13(17)16-11-6-4-3-5-7-11/h3-8H,1-2H3,(H,15,18)(H,16,17). The number of rotatable bonds is 2. The highest BCUT2D eigenvalue weighted by molar-refractivity contribution is 7.71. The minimum absolute atomic E-state index is 0.181. The highest BCUT2D eigenvalue weighted by Crippen LogP contribution is 2.13. The predicted molar refractivity (Wildman–Crippen MR) is 75.5 cm³/mol. The fourth-order valence-electron chi connectivity index (χ4n) is 1.85. The van der Waals surface area contributed by atoms with Crippen LogP contribution in [0.1, 0.15) is 21.6 Å². The number of hydrogen-bond acceptors (Lipinski definition) is 2. The Kier molecular flexibility index (Phi) is 3.58. The van der Waals surface area contributed by atoms with Crippen molar-refractivity contribution in [2.24, 2.45) is 0 Å². The van der Waals surface area contributed by atoms with Gasteiger partial charge in [0, 0.05) is 11.4 Å². The lowest BCUT2D eigenvalue weighted by atomic mass is 10.1. The second-order valence-corrected chi connectivity index (χ2v) is 4.57. The Hall–Kier alpha value is -1.94. The molecule has 0 bridgehead atoms. The maximum atomic E-state index is 12.2. The van der Waals surface area contributed by atoms with E-state index in [0.29, 0.717) is 10.2 Å². The Morgan fingerprint density at radius 2 is 1.89 bits per heavy atom. The fourth-order valence-corrected chi connectivity index (χ4v) is 2.27. The molecule has 1 aromatic heterocycles. The second-order valence-electron chi connectivity index (χ2n) is 4.16. The van der Waals surface area contributed by atoms with Crippen molar-refractivity contribution in [2.45, 2.75) is 13.8 Å². The number of benzene rings is 1. The number of nitrogens with one attached hydrogen (secondary N) is 2. The molecule has 2 N–H and O–H groups in total. The van der Waals surface area contributed by atoms with Crippen LogP contribution in [0.25, 0.3) is 0 Å². The van der Waals surface area contributed by atoms with E-state index in [1.54, 1.807) is 0 Å². The number of aromatic amines is 1. The number of aryl methyl sites for hydroxylation is 2. The number of anilines is 1. The average Bonchev–Trinajstić information content (AvgIpc) is 2.28. The Bertz CT molecular complexity index is 632. The van der Waals surface area contributed by atoms with Gasteiger partial charge in [-0.05, 0) is 37.6 Å². The molecule has 0 spiro atoms. The minimum atomic E-state index is -0.181. The zero-order valence-corrected chi connectivity index (χ0v) is 11.1. The van der Waals surface area contributed by atoms with Gasteiger partial charge in [0.1, 0.15) is 4.64 Å². The van der Waals surface area contributed by atoms with E-state index >= 15 is 0 Å². The summed E-state index contributed by atoms with van der Waals surface area (Å²) in [6, 6.07) is 11.2. The van der Waals surface area contributed by atoms with E-state index in [2.05, 4.69) is 10.3 Å². The number of pyridine rings is 1. The van der Waals surface area contributed by atoms with Crippen LogP contribution in [-0.2, 0) is 0 Å². The second kappa shape index (κ2) is 5.14. The van der Waals surface area contributed by atoms with Crippen LogP contribution in [0.2, 0.25) is 0 Å². The molecule has 1 heterocycles. The van der Waals surface area contributed by atoms with Crippen molar-refractivity contribution in [2.75, 3.05) is 5.32 Å². The molecular weight excluding hydrogens is 244 g/mol. The smallest absolute Gasteiger partial charge is 0.258 e. The van der Waals surface area contributed by atoms with Gasteiger partial charge in [-0.1, -0.05) is 30.4 Å². The monoisotopic (exact) mass is 258 g/mol. The van der Waals surface area contributed by atoms with Crippen LogP contribution in [0, 0.1) is 18.5 Å². The SMILES string of the molecule is Cc1cc(C)c(C(=O)Nc2ccccc2)c(=S)[nH]1. The van der Waals surface area contributed by atoms with Crippen molar-refractivity contribution in [3.05, 3.63) is 57.9 Å². The number of amides is 1. The number of H-pyrrole nitrogens is 1. The molecule has 0 aliphatic rings. The molecule has 2 rings (SSSR count). The molecule has 0 atom stereocenters. The molecule has 0 aliphatic carbocycles. The molecule has 0 aliphatic heterocycles.